The topological polar surface area (TPSA) is 58.3 Å². The van der Waals surface area contributed by atoms with Gasteiger partial charge < -0.3 is 14.8 Å². The maximum Gasteiger partial charge on any atom is 0.143 e. The van der Waals surface area contributed by atoms with Crippen LogP contribution in [0.2, 0.25) is 0 Å². The highest BCUT2D eigenvalue weighted by molar-refractivity contribution is 5.86. The van der Waals surface area contributed by atoms with Crippen LogP contribution in [-0.2, 0) is 6.54 Å². The minimum atomic E-state index is 0.104. The van der Waals surface area contributed by atoms with Crippen molar-refractivity contribution in [3.63, 3.8) is 0 Å². The SMILES string of the molecule is CCCn1cnc2c(O)ccc(O)c21. The summed E-state index contributed by atoms with van der Waals surface area (Å²) in [4.78, 5) is 4.05. The van der Waals surface area contributed by atoms with Crippen LogP contribution in [0.5, 0.6) is 11.5 Å². The molecule has 2 N–H and O–H groups in total. The van der Waals surface area contributed by atoms with E-state index in [-0.39, 0.29) is 11.5 Å². The molecular weight excluding hydrogens is 180 g/mol. The second-order valence-electron chi connectivity index (χ2n) is 3.24. The lowest BCUT2D eigenvalue weighted by molar-refractivity contribution is 0.466. The quantitative estimate of drug-likeness (QED) is 0.714. The Labute approximate surface area is 81.4 Å². The first-order valence-corrected chi connectivity index (χ1v) is 4.59. The van der Waals surface area contributed by atoms with Gasteiger partial charge in [0.05, 0.1) is 6.33 Å². The zero-order chi connectivity index (χ0) is 10.1. The predicted octanol–water partition coefficient (Wildman–Crippen LogP) is 1.86. The molecule has 0 bridgehead atoms. The third-order valence-corrected chi connectivity index (χ3v) is 2.19. The molecule has 0 spiro atoms. The van der Waals surface area contributed by atoms with Gasteiger partial charge in [-0.1, -0.05) is 6.92 Å². The Hall–Kier alpha value is -1.71. The van der Waals surface area contributed by atoms with Crippen LogP contribution in [0.25, 0.3) is 11.0 Å². The molecule has 0 aliphatic carbocycles. The number of aromatic hydroxyl groups is 2. The number of hydrogen-bond donors (Lipinski definition) is 2. The van der Waals surface area contributed by atoms with Gasteiger partial charge in [0.2, 0.25) is 0 Å². The van der Waals surface area contributed by atoms with E-state index in [1.807, 2.05) is 11.5 Å². The third-order valence-electron chi connectivity index (χ3n) is 2.19. The normalized spacial score (nSPS) is 10.9. The molecule has 0 aliphatic rings. The van der Waals surface area contributed by atoms with Gasteiger partial charge in [0.1, 0.15) is 22.5 Å². The number of hydrogen-bond acceptors (Lipinski definition) is 3. The van der Waals surface area contributed by atoms with Crippen LogP contribution >= 0.6 is 0 Å². The van der Waals surface area contributed by atoms with Gasteiger partial charge in [-0.3, -0.25) is 0 Å². The lowest BCUT2D eigenvalue weighted by Gasteiger charge is -2.03. The Morgan fingerprint density at radius 3 is 2.71 bits per heavy atom. The molecule has 2 aromatic rings. The maximum atomic E-state index is 9.62. The van der Waals surface area contributed by atoms with Crippen LogP contribution in [0, 0.1) is 0 Å². The molecule has 0 radical (unpaired) electrons. The van der Waals surface area contributed by atoms with Crippen molar-refractivity contribution < 1.29 is 10.2 Å². The third kappa shape index (κ3) is 1.19. The Bertz CT molecular complexity index is 462. The van der Waals surface area contributed by atoms with Crippen LogP contribution in [-0.4, -0.2) is 19.8 Å². The van der Waals surface area contributed by atoms with Crippen molar-refractivity contribution in [2.24, 2.45) is 0 Å². The zero-order valence-electron chi connectivity index (χ0n) is 7.94. The molecule has 0 unspecified atom stereocenters. The summed E-state index contributed by atoms with van der Waals surface area (Å²) in [5, 5.41) is 19.1. The van der Waals surface area contributed by atoms with E-state index in [0.717, 1.165) is 13.0 Å². The summed E-state index contributed by atoms with van der Waals surface area (Å²) in [6.07, 6.45) is 2.59. The Balaban J connectivity index is 2.70. The lowest BCUT2D eigenvalue weighted by Crippen LogP contribution is -1.93. The van der Waals surface area contributed by atoms with Gasteiger partial charge in [0.25, 0.3) is 0 Å². The van der Waals surface area contributed by atoms with Crippen LogP contribution < -0.4 is 0 Å². The molecule has 2 rings (SSSR count). The molecular formula is C10H12N2O2. The van der Waals surface area contributed by atoms with E-state index in [0.29, 0.717) is 11.0 Å². The summed E-state index contributed by atoms with van der Waals surface area (Å²) in [7, 11) is 0. The molecule has 74 valence electrons. The van der Waals surface area contributed by atoms with Crippen LogP contribution in [0.15, 0.2) is 18.5 Å². The summed E-state index contributed by atoms with van der Waals surface area (Å²) in [5.74, 6) is 0.261. The standard InChI is InChI=1S/C10H12N2O2/c1-2-5-12-6-11-9-7(13)3-4-8(14)10(9)12/h3-4,6,13-14H,2,5H2,1H3. The van der Waals surface area contributed by atoms with Crippen molar-refractivity contribution in [1.29, 1.82) is 0 Å². The predicted molar refractivity (Wildman–Crippen MR) is 53.4 cm³/mol. The maximum absolute atomic E-state index is 9.62. The van der Waals surface area contributed by atoms with Gasteiger partial charge in [0.15, 0.2) is 0 Å². The molecule has 4 nitrogen and oxygen atoms in total. The van der Waals surface area contributed by atoms with Gasteiger partial charge in [-0.05, 0) is 18.6 Å². The van der Waals surface area contributed by atoms with Crippen LogP contribution in [0.1, 0.15) is 13.3 Å². The van der Waals surface area contributed by atoms with E-state index < -0.39 is 0 Å². The minimum absolute atomic E-state index is 0.104. The second-order valence-corrected chi connectivity index (χ2v) is 3.24. The first kappa shape index (κ1) is 8.87. The fourth-order valence-corrected chi connectivity index (χ4v) is 1.56. The van der Waals surface area contributed by atoms with Crippen LogP contribution in [0.4, 0.5) is 0 Å². The summed E-state index contributed by atoms with van der Waals surface area (Å²) < 4.78 is 1.84. The molecule has 0 amide bonds. The highest BCUT2D eigenvalue weighted by Crippen LogP contribution is 2.30. The first-order valence-electron chi connectivity index (χ1n) is 4.59. The summed E-state index contributed by atoms with van der Waals surface area (Å²) in [6, 6.07) is 2.92. The van der Waals surface area contributed by atoms with E-state index in [1.165, 1.54) is 12.1 Å². The molecule has 4 heteroatoms. The highest BCUT2D eigenvalue weighted by atomic mass is 16.3. The second kappa shape index (κ2) is 3.21. The number of phenols is 2. The number of fused-ring (bicyclic) bond motifs is 1. The Kier molecular flexibility index (Phi) is 2.04. The zero-order valence-corrected chi connectivity index (χ0v) is 7.94. The van der Waals surface area contributed by atoms with Gasteiger partial charge in [0, 0.05) is 6.54 Å². The fourth-order valence-electron chi connectivity index (χ4n) is 1.56. The van der Waals surface area contributed by atoms with Gasteiger partial charge in [-0.15, -0.1) is 0 Å². The Morgan fingerprint density at radius 1 is 1.29 bits per heavy atom. The van der Waals surface area contributed by atoms with Gasteiger partial charge >= 0.3 is 0 Å². The van der Waals surface area contributed by atoms with Crippen molar-refractivity contribution in [2.75, 3.05) is 0 Å². The number of nitrogens with zero attached hydrogens (tertiary/aromatic N) is 2. The molecule has 0 aliphatic heterocycles. The molecule has 1 aromatic heterocycles. The van der Waals surface area contributed by atoms with Crippen molar-refractivity contribution in [3.05, 3.63) is 18.5 Å². The summed E-state index contributed by atoms with van der Waals surface area (Å²) in [5.41, 5.74) is 1.06. The fraction of sp³-hybridized carbons (Fsp3) is 0.300. The molecule has 0 saturated carbocycles. The first-order chi connectivity index (χ1) is 6.74. The van der Waals surface area contributed by atoms with Crippen molar-refractivity contribution in [3.8, 4) is 11.5 Å². The molecule has 0 saturated heterocycles. The molecule has 0 atom stereocenters. The van der Waals surface area contributed by atoms with Crippen molar-refractivity contribution in [1.82, 2.24) is 9.55 Å². The minimum Gasteiger partial charge on any atom is -0.506 e. The van der Waals surface area contributed by atoms with Crippen molar-refractivity contribution >= 4 is 11.0 Å². The van der Waals surface area contributed by atoms with Gasteiger partial charge in [-0.2, -0.15) is 0 Å². The summed E-state index contributed by atoms with van der Waals surface area (Å²) >= 11 is 0. The van der Waals surface area contributed by atoms with Gasteiger partial charge in [-0.25, -0.2) is 4.98 Å². The van der Waals surface area contributed by atoms with E-state index in [2.05, 4.69) is 4.98 Å². The number of rotatable bonds is 2. The summed E-state index contributed by atoms with van der Waals surface area (Å²) in [6.45, 7) is 2.83. The number of imidazole rings is 1. The van der Waals surface area contributed by atoms with Crippen LogP contribution in [0.3, 0.4) is 0 Å². The smallest absolute Gasteiger partial charge is 0.143 e. The average molecular weight is 192 g/mol. The van der Waals surface area contributed by atoms with E-state index in [9.17, 15) is 10.2 Å². The molecule has 14 heavy (non-hydrogen) atoms. The van der Waals surface area contributed by atoms with Crippen molar-refractivity contribution in [2.45, 2.75) is 19.9 Å². The number of aryl methyl sites for hydroxylation is 1. The number of aromatic nitrogens is 2. The monoisotopic (exact) mass is 192 g/mol. The van der Waals surface area contributed by atoms with E-state index >= 15 is 0 Å². The molecule has 1 aromatic carbocycles. The van der Waals surface area contributed by atoms with E-state index in [4.69, 9.17) is 0 Å². The number of benzene rings is 1. The lowest BCUT2D eigenvalue weighted by atomic mass is 10.2. The molecule has 1 heterocycles. The largest absolute Gasteiger partial charge is 0.506 e. The highest BCUT2D eigenvalue weighted by Gasteiger charge is 2.10. The Morgan fingerprint density at radius 2 is 2.00 bits per heavy atom. The number of phenolic OH excluding ortho intramolecular Hbond substituents is 2. The molecule has 0 fully saturated rings. The van der Waals surface area contributed by atoms with E-state index in [1.54, 1.807) is 6.33 Å². The average Bonchev–Trinajstić information content (AvgIpc) is 2.58.